The minimum Gasteiger partial charge on any atom is -1.00 e. The summed E-state index contributed by atoms with van der Waals surface area (Å²) in [4.78, 5) is 14.7. The predicted octanol–water partition coefficient (Wildman–Crippen LogP) is -2.91. The molecule has 0 aliphatic carbocycles. The molecule has 8 heteroatoms. The molecule has 0 saturated carbocycles. The molecule has 0 bridgehead atoms. The van der Waals surface area contributed by atoms with Crippen molar-refractivity contribution < 1.29 is 72.0 Å². The summed E-state index contributed by atoms with van der Waals surface area (Å²) in [7, 11) is -4.81. The van der Waals surface area contributed by atoms with Crippen molar-refractivity contribution in [2.45, 2.75) is 0 Å². The minimum absolute atomic E-state index is 0. The van der Waals surface area contributed by atoms with E-state index in [1.54, 1.807) is 0 Å². The van der Waals surface area contributed by atoms with Crippen LogP contribution >= 0.6 is 7.82 Å². The molecule has 0 aromatic rings. The van der Waals surface area contributed by atoms with Crippen LogP contribution in [0.25, 0.3) is 0 Å². The summed E-state index contributed by atoms with van der Waals surface area (Å²) < 4.78 is 21.4. The van der Waals surface area contributed by atoms with Gasteiger partial charge in [0.1, 0.15) is 0 Å². The van der Waals surface area contributed by atoms with E-state index in [0.29, 0.717) is 0 Å². The summed E-state index contributed by atoms with van der Waals surface area (Å²) in [5, 5.41) is 0. The van der Waals surface area contributed by atoms with Gasteiger partial charge in [-0.1, -0.05) is 4.73 Å². The van der Waals surface area contributed by atoms with Gasteiger partial charge in [-0.05, 0) is 4.53 Å². The summed E-state index contributed by atoms with van der Waals surface area (Å²) in [6.07, 6.45) is 0. The number of halogens is 1. The first-order valence-electron chi connectivity index (χ1n) is 0.919. The van der Waals surface area contributed by atoms with E-state index >= 15 is 0 Å². The fraction of sp³-hybridized carbons (Fsp3) is 0. The molecule has 0 saturated heterocycles. The van der Waals surface area contributed by atoms with Gasteiger partial charge >= 0.3 is 37.4 Å². The maximum Gasteiger partial charge on any atom is 1.00 e. The molecule has 0 fully saturated rings. The first kappa shape index (κ1) is 16.3. The fourth-order valence-electron chi connectivity index (χ4n) is 0. The summed E-state index contributed by atoms with van der Waals surface area (Å²) in [6.45, 7) is 0. The first-order valence-corrected chi connectivity index (χ1v) is 2.45. The second kappa shape index (κ2) is 6.69. The molecule has 0 spiro atoms. The maximum absolute atomic E-state index is 10.2. The van der Waals surface area contributed by atoms with E-state index in [-0.39, 0.29) is 48.3 Å². The Balaban J connectivity index is -0.0000000417. The van der Waals surface area contributed by atoms with Crippen molar-refractivity contribution in [3.05, 3.63) is 0 Å². The Morgan fingerprint density at radius 2 is 1.75 bits per heavy atom. The van der Waals surface area contributed by atoms with Gasteiger partial charge in [0.2, 0.25) is 0 Å². The first-order chi connectivity index (χ1) is 2.56. The van der Waals surface area contributed by atoms with Crippen LogP contribution in [0.4, 0.5) is 4.53 Å². The van der Waals surface area contributed by atoms with Crippen LogP contribution in [0, 0.1) is 0 Å². The second-order valence-corrected chi connectivity index (χ2v) is 1.68. The average Bonchev–Trinajstić information content (AvgIpc) is 1.35. The van der Waals surface area contributed by atoms with Crippen LogP contribution in [0.15, 0.2) is 0 Å². The Morgan fingerprint density at radius 1 is 1.62 bits per heavy atom. The molecule has 4 nitrogen and oxygen atoms in total. The van der Waals surface area contributed by atoms with Crippen molar-refractivity contribution in [3.8, 4) is 0 Å². The van der Waals surface area contributed by atoms with E-state index in [1.807, 2.05) is 0 Å². The van der Waals surface area contributed by atoms with Gasteiger partial charge in [-0.2, -0.15) is 0 Å². The van der Waals surface area contributed by atoms with Crippen LogP contribution in [-0.2, 0) is 26.7 Å². The zero-order chi connectivity index (χ0) is 5.21. The predicted molar refractivity (Wildman–Crippen MR) is 15.3 cm³/mol. The quantitative estimate of drug-likeness (QED) is 0.345. The van der Waals surface area contributed by atoms with Crippen LogP contribution in [-0.4, -0.2) is 9.79 Å². The van der Waals surface area contributed by atoms with Gasteiger partial charge in [0, 0.05) is 17.4 Å². The monoisotopic (exact) mass is 192 g/mol. The molecule has 0 unspecified atom stereocenters. The van der Waals surface area contributed by atoms with Gasteiger partial charge in [0.15, 0.2) is 0 Å². The Labute approximate surface area is 79.5 Å². The van der Waals surface area contributed by atoms with Crippen molar-refractivity contribution in [3.63, 3.8) is 0 Å². The maximum atomic E-state index is 10.2. The molecule has 0 aromatic heterocycles. The largest absolute Gasteiger partial charge is 1.00 e. The average molecular weight is 192 g/mol. The van der Waals surface area contributed by atoms with Crippen LogP contribution in [0.1, 0.15) is 1.43 Å². The summed E-state index contributed by atoms with van der Waals surface area (Å²) in [5.41, 5.74) is 0. The van der Waals surface area contributed by atoms with Crippen LogP contribution in [0.2, 0.25) is 0 Å². The summed E-state index contributed by atoms with van der Waals surface area (Å²) >= 11 is 0. The third kappa shape index (κ3) is 15.6. The standard InChI is InChI=1S/Cr.FH2O4P.Na.H/c;1-5-6(2,3)4;;/h;(H2,2,3,4);;/q;;+1;-1. The molecule has 0 radical (unpaired) electrons. The van der Waals surface area contributed by atoms with E-state index in [4.69, 9.17) is 14.4 Å². The van der Waals surface area contributed by atoms with Gasteiger partial charge in [0.05, 0.1) is 0 Å². The summed E-state index contributed by atoms with van der Waals surface area (Å²) in [5.74, 6) is 0. The van der Waals surface area contributed by atoms with Gasteiger partial charge in [-0.25, -0.2) is 4.57 Å². The second-order valence-electron chi connectivity index (χ2n) is 0.560. The number of phosphoric acid groups is 1. The van der Waals surface area contributed by atoms with Crippen LogP contribution in [0.5, 0.6) is 0 Å². The molecule has 2 N–H and O–H groups in total. The van der Waals surface area contributed by atoms with Crippen molar-refractivity contribution in [1.29, 1.82) is 0 Å². The topological polar surface area (TPSA) is 66.8 Å². The fourth-order valence-corrected chi connectivity index (χ4v) is 0. The van der Waals surface area contributed by atoms with E-state index in [0.717, 1.165) is 0 Å². The third-order valence-corrected chi connectivity index (χ3v) is 0.270. The molecule has 0 aliphatic heterocycles. The molecular weight excluding hydrogens is 189 g/mol. The van der Waals surface area contributed by atoms with Gasteiger partial charge < -0.3 is 11.2 Å². The van der Waals surface area contributed by atoms with Gasteiger partial charge in [0.25, 0.3) is 0 Å². The Bertz CT molecular complexity index is 84.6. The van der Waals surface area contributed by atoms with Crippen molar-refractivity contribution in [2.75, 3.05) is 0 Å². The number of hydrogen-bond donors (Lipinski definition) is 2. The zero-order valence-electron chi connectivity index (χ0n) is 4.94. The van der Waals surface area contributed by atoms with Gasteiger partial charge in [-0.15, -0.1) is 0 Å². The van der Waals surface area contributed by atoms with Crippen LogP contribution < -0.4 is 29.6 Å². The van der Waals surface area contributed by atoms with E-state index in [2.05, 4.69) is 4.73 Å². The smallest absolute Gasteiger partial charge is 1.00 e. The molecule has 0 aromatic carbocycles. The van der Waals surface area contributed by atoms with Crippen molar-refractivity contribution >= 4 is 7.82 Å². The summed E-state index contributed by atoms with van der Waals surface area (Å²) in [6, 6.07) is 0. The Hall–Kier alpha value is 1.57. The third-order valence-electron chi connectivity index (χ3n) is 0.0899. The Morgan fingerprint density at radius 3 is 1.75 bits per heavy atom. The molecule has 0 aliphatic rings. The van der Waals surface area contributed by atoms with E-state index in [1.165, 1.54) is 0 Å². The molecule has 46 valence electrons. The number of rotatable bonds is 1. The minimum atomic E-state index is -4.81. The zero-order valence-corrected chi connectivity index (χ0v) is 8.11. The molecule has 0 atom stereocenters. The van der Waals surface area contributed by atoms with Gasteiger partial charge in [-0.3, -0.25) is 0 Å². The SMILES string of the molecule is O=P(O)(O)OF.[Cr].[H-].[Na+]. The Kier molecular flexibility index (Phi) is 13.6. The molecule has 0 rings (SSSR count). The van der Waals surface area contributed by atoms with Crippen molar-refractivity contribution in [2.24, 2.45) is 0 Å². The molecule has 0 amide bonds. The normalized spacial score (nSPS) is 8.88. The molecular formula is H3CrFNaO4P. The molecule has 8 heavy (non-hydrogen) atoms. The number of hydrogen-bond acceptors (Lipinski definition) is 2. The molecule has 0 heterocycles. The van der Waals surface area contributed by atoms with E-state index < -0.39 is 7.82 Å². The van der Waals surface area contributed by atoms with Crippen LogP contribution in [0.3, 0.4) is 0 Å². The van der Waals surface area contributed by atoms with E-state index in [9.17, 15) is 4.53 Å². The van der Waals surface area contributed by atoms with Crippen molar-refractivity contribution in [1.82, 2.24) is 0 Å².